The molecular formula is C22H14Br2. The largest absolute Gasteiger partial charge is 0.0622 e. The second-order valence-corrected chi connectivity index (χ2v) is 7.33. The van der Waals surface area contributed by atoms with Crippen molar-refractivity contribution >= 4 is 42.6 Å². The zero-order valence-corrected chi connectivity index (χ0v) is 16.0. The normalized spacial score (nSPS) is 10.9. The van der Waals surface area contributed by atoms with Gasteiger partial charge in [0.05, 0.1) is 0 Å². The monoisotopic (exact) mass is 436 g/mol. The van der Waals surface area contributed by atoms with E-state index in [1.165, 1.54) is 33.0 Å². The first-order valence-corrected chi connectivity index (χ1v) is 9.36. The highest BCUT2D eigenvalue weighted by molar-refractivity contribution is 9.11. The minimum atomic E-state index is 1.11. The first-order valence-electron chi connectivity index (χ1n) is 7.77. The van der Waals surface area contributed by atoms with E-state index in [2.05, 4.69) is 117 Å². The summed E-state index contributed by atoms with van der Waals surface area (Å²) in [6, 6.07) is 29.7. The Kier molecular flexibility index (Phi) is 4.26. The first kappa shape index (κ1) is 15.6. The Morgan fingerprint density at radius 1 is 0.542 bits per heavy atom. The lowest BCUT2D eigenvalue weighted by Crippen LogP contribution is -1.90. The summed E-state index contributed by atoms with van der Waals surface area (Å²) in [4.78, 5) is 0. The van der Waals surface area contributed by atoms with Gasteiger partial charge in [-0.2, -0.15) is 0 Å². The van der Waals surface area contributed by atoms with Crippen molar-refractivity contribution in [1.82, 2.24) is 0 Å². The zero-order valence-electron chi connectivity index (χ0n) is 12.8. The van der Waals surface area contributed by atoms with Crippen molar-refractivity contribution in [3.05, 3.63) is 93.9 Å². The molecule has 0 atom stereocenters. The van der Waals surface area contributed by atoms with Crippen LogP contribution in [0.5, 0.6) is 0 Å². The molecule has 0 radical (unpaired) electrons. The molecule has 0 aliphatic carbocycles. The van der Waals surface area contributed by atoms with Gasteiger partial charge in [-0.15, -0.1) is 0 Å². The minimum absolute atomic E-state index is 1.11. The summed E-state index contributed by atoms with van der Waals surface area (Å²) in [6.07, 6.45) is 0. The second kappa shape index (κ2) is 6.54. The van der Waals surface area contributed by atoms with Crippen LogP contribution in [-0.4, -0.2) is 0 Å². The molecule has 0 spiro atoms. The van der Waals surface area contributed by atoms with E-state index in [4.69, 9.17) is 0 Å². The molecule has 0 N–H and O–H groups in total. The molecule has 0 bridgehead atoms. The average molecular weight is 438 g/mol. The third-order valence-corrected chi connectivity index (χ3v) is 5.73. The van der Waals surface area contributed by atoms with Crippen LogP contribution in [0.2, 0.25) is 0 Å². The van der Waals surface area contributed by atoms with E-state index in [9.17, 15) is 0 Å². The van der Waals surface area contributed by atoms with E-state index in [1.54, 1.807) is 0 Å². The summed E-state index contributed by atoms with van der Waals surface area (Å²) in [5.41, 5.74) is 4.89. The quantitative estimate of drug-likeness (QED) is 0.301. The van der Waals surface area contributed by atoms with E-state index < -0.39 is 0 Å². The lowest BCUT2D eigenvalue weighted by atomic mass is 9.91. The standard InChI is InChI=1S/C22H14Br2/c23-20-13-7-12-17-19(20)14-18(15-8-3-1-4-9-15)21(22(17)24)16-10-5-2-6-11-16/h1-14H. The lowest BCUT2D eigenvalue weighted by Gasteiger charge is -2.16. The highest BCUT2D eigenvalue weighted by Crippen LogP contribution is 2.43. The summed E-state index contributed by atoms with van der Waals surface area (Å²) in [5, 5.41) is 2.42. The van der Waals surface area contributed by atoms with E-state index >= 15 is 0 Å². The molecule has 0 fully saturated rings. The number of rotatable bonds is 2. The van der Waals surface area contributed by atoms with Crippen LogP contribution in [-0.2, 0) is 0 Å². The molecule has 4 rings (SSSR count). The third-order valence-electron chi connectivity index (χ3n) is 4.21. The van der Waals surface area contributed by atoms with Crippen molar-refractivity contribution in [3.63, 3.8) is 0 Å². The van der Waals surface area contributed by atoms with Crippen LogP contribution in [0.15, 0.2) is 93.9 Å². The van der Waals surface area contributed by atoms with Crippen LogP contribution >= 0.6 is 31.9 Å². The Morgan fingerprint density at radius 3 is 1.83 bits per heavy atom. The fourth-order valence-corrected chi connectivity index (χ4v) is 4.35. The molecule has 116 valence electrons. The molecule has 0 amide bonds. The molecule has 0 nitrogen and oxygen atoms in total. The first-order chi connectivity index (χ1) is 11.8. The summed E-state index contributed by atoms with van der Waals surface area (Å²) in [6.45, 7) is 0. The molecule has 0 aliphatic heterocycles. The van der Waals surface area contributed by atoms with Gasteiger partial charge in [0, 0.05) is 14.5 Å². The molecule has 0 unspecified atom stereocenters. The van der Waals surface area contributed by atoms with Crippen LogP contribution in [0.4, 0.5) is 0 Å². The van der Waals surface area contributed by atoms with Gasteiger partial charge in [0.25, 0.3) is 0 Å². The van der Waals surface area contributed by atoms with E-state index in [1.807, 2.05) is 0 Å². The van der Waals surface area contributed by atoms with Crippen LogP contribution in [0.25, 0.3) is 33.0 Å². The Labute approximate surface area is 158 Å². The van der Waals surface area contributed by atoms with Gasteiger partial charge in [-0.05, 0) is 55.5 Å². The van der Waals surface area contributed by atoms with Crippen molar-refractivity contribution in [2.24, 2.45) is 0 Å². The highest BCUT2D eigenvalue weighted by atomic mass is 79.9. The summed E-state index contributed by atoms with van der Waals surface area (Å²) in [5.74, 6) is 0. The highest BCUT2D eigenvalue weighted by Gasteiger charge is 2.15. The molecular weight excluding hydrogens is 424 g/mol. The predicted octanol–water partition coefficient (Wildman–Crippen LogP) is 7.70. The molecule has 4 aromatic rings. The Hall–Kier alpha value is -1.90. The van der Waals surface area contributed by atoms with Gasteiger partial charge >= 0.3 is 0 Å². The molecule has 2 heteroatoms. The van der Waals surface area contributed by atoms with Crippen molar-refractivity contribution in [2.75, 3.05) is 0 Å². The molecule has 24 heavy (non-hydrogen) atoms. The van der Waals surface area contributed by atoms with E-state index in [0.29, 0.717) is 0 Å². The fourth-order valence-electron chi connectivity index (χ4n) is 3.08. The Balaban J connectivity index is 2.14. The predicted molar refractivity (Wildman–Crippen MR) is 110 cm³/mol. The van der Waals surface area contributed by atoms with Gasteiger partial charge in [-0.1, -0.05) is 88.7 Å². The van der Waals surface area contributed by atoms with Gasteiger partial charge in [0.15, 0.2) is 0 Å². The van der Waals surface area contributed by atoms with Crippen LogP contribution in [0.3, 0.4) is 0 Å². The topological polar surface area (TPSA) is 0 Å². The number of fused-ring (bicyclic) bond motifs is 1. The summed E-state index contributed by atoms with van der Waals surface area (Å²) >= 11 is 7.58. The van der Waals surface area contributed by atoms with Crippen molar-refractivity contribution in [3.8, 4) is 22.3 Å². The van der Waals surface area contributed by atoms with Gasteiger partial charge in [0.1, 0.15) is 0 Å². The van der Waals surface area contributed by atoms with Crippen molar-refractivity contribution in [2.45, 2.75) is 0 Å². The van der Waals surface area contributed by atoms with Gasteiger partial charge in [-0.25, -0.2) is 0 Å². The maximum Gasteiger partial charge on any atom is 0.0338 e. The van der Waals surface area contributed by atoms with Gasteiger partial charge < -0.3 is 0 Å². The van der Waals surface area contributed by atoms with E-state index in [0.717, 1.165) is 8.95 Å². The number of halogens is 2. The van der Waals surface area contributed by atoms with Crippen LogP contribution < -0.4 is 0 Å². The lowest BCUT2D eigenvalue weighted by molar-refractivity contribution is 1.58. The zero-order chi connectivity index (χ0) is 16.5. The molecule has 0 saturated heterocycles. The molecule has 0 aliphatic rings. The van der Waals surface area contributed by atoms with Crippen LogP contribution in [0.1, 0.15) is 0 Å². The van der Waals surface area contributed by atoms with E-state index in [-0.39, 0.29) is 0 Å². The number of benzene rings is 4. The van der Waals surface area contributed by atoms with Crippen LogP contribution in [0, 0.1) is 0 Å². The van der Waals surface area contributed by atoms with Gasteiger partial charge in [0.2, 0.25) is 0 Å². The third kappa shape index (κ3) is 2.70. The molecule has 4 aromatic carbocycles. The Morgan fingerprint density at radius 2 is 1.17 bits per heavy atom. The second-order valence-electron chi connectivity index (χ2n) is 5.68. The fraction of sp³-hybridized carbons (Fsp3) is 0. The number of hydrogen-bond acceptors (Lipinski definition) is 0. The maximum absolute atomic E-state index is 3.88. The van der Waals surface area contributed by atoms with Crippen molar-refractivity contribution in [1.29, 1.82) is 0 Å². The SMILES string of the molecule is Brc1cccc2c(Br)c(-c3ccccc3)c(-c3ccccc3)cc12. The molecule has 0 heterocycles. The number of hydrogen-bond donors (Lipinski definition) is 0. The smallest absolute Gasteiger partial charge is 0.0338 e. The van der Waals surface area contributed by atoms with Crippen molar-refractivity contribution < 1.29 is 0 Å². The molecule has 0 aromatic heterocycles. The average Bonchev–Trinajstić information content (AvgIpc) is 2.64. The maximum atomic E-state index is 3.88. The minimum Gasteiger partial charge on any atom is -0.0622 e. The summed E-state index contributed by atoms with van der Waals surface area (Å²) < 4.78 is 2.24. The molecule has 0 saturated carbocycles. The Bertz CT molecular complexity index is 1010. The van der Waals surface area contributed by atoms with Gasteiger partial charge in [-0.3, -0.25) is 0 Å². The summed E-state index contributed by atoms with van der Waals surface area (Å²) in [7, 11) is 0.